The van der Waals surface area contributed by atoms with Crippen LogP contribution in [0.3, 0.4) is 0 Å². The Bertz CT molecular complexity index is 983. The lowest BCUT2D eigenvalue weighted by molar-refractivity contribution is -0.136. The van der Waals surface area contributed by atoms with Crippen LogP contribution in [0.5, 0.6) is 11.5 Å². The molecular formula is C23H21NO4. The molecule has 3 aromatic rings. The molecule has 0 spiro atoms. The van der Waals surface area contributed by atoms with E-state index < -0.39 is 5.97 Å². The van der Waals surface area contributed by atoms with Gasteiger partial charge in [-0.15, -0.1) is 0 Å². The van der Waals surface area contributed by atoms with Gasteiger partial charge in [-0.3, -0.25) is 4.79 Å². The van der Waals surface area contributed by atoms with Crippen molar-refractivity contribution in [3.8, 4) is 11.5 Å². The van der Waals surface area contributed by atoms with Crippen molar-refractivity contribution in [1.82, 2.24) is 0 Å². The van der Waals surface area contributed by atoms with Gasteiger partial charge >= 0.3 is 5.97 Å². The number of aryl methyl sites for hydroxylation is 2. The molecule has 1 amide bonds. The minimum Gasteiger partial charge on any atom is -0.482 e. The number of carbonyl (C=O) groups is 2. The molecule has 0 unspecified atom stereocenters. The van der Waals surface area contributed by atoms with Crippen LogP contribution in [0.15, 0.2) is 72.8 Å². The van der Waals surface area contributed by atoms with Gasteiger partial charge in [0.25, 0.3) is 5.91 Å². The SMILES string of the molecule is Cc1ccc(OCC(=O)Oc2cccc(NC(=O)c3ccccc3)c2)cc1C. The normalized spacial score (nSPS) is 10.2. The molecule has 1 N–H and O–H groups in total. The fourth-order valence-electron chi connectivity index (χ4n) is 2.54. The summed E-state index contributed by atoms with van der Waals surface area (Å²) >= 11 is 0. The van der Waals surface area contributed by atoms with E-state index in [1.807, 2.05) is 38.1 Å². The summed E-state index contributed by atoms with van der Waals surface area (Å²) in [6, 6.07) is 21.2. The van der Waals surface area contributed by atoms with Gasteiger partial charge in [0.2, 0.25) is 0 Å². The van der Waals surface area contributed by atoms with Crippen molar-refractivity contribution in [3.05, 3.63) is 89.5 Å². The summed E-state index contributed by atoms with van der Waals surface area (Å²) in [5, 5.41) is 2.78. The fourth-order valence-corrected chi connectivity index (χ4v) is 2.54. The molecular weight excluding hydrogens is 354 g/mol. The molecule has 0 bridgehead atoms. The van der Waals surface area contributed by atoms with Crippen LogP contribution in [-0.4, -0.2) is 18.5 Å². The van der Waals surface area contributed by atoms with Crippen molar-refractivity contribution in [2.45, 2.75) is 13.8 Å². The molecule has 0 radical (unpaired) electrons. The summed E-state index contributed by atoms with van der Waals surface area (Å²) < 4.78 is 10.8. The first-order chi connectivity index (χ1) is 13.5. The van der Waals surface area contributed by atoms with Gasteiger partial charge in [0.15, 0.2) is 6.61 Å². The number of anilines is 1. The molecule has 0 heterocycles. The Labute approximate surface area is 163 Å². The van der Waals surface area contributed by atoms with Crippen LogP contribution in [0.2, 0.25) is 0 Å². The predicted octanol–water partition coefficient (Wildman–Crippen LogP) is 4.54. The zero-order chi connectivity index (χ0) is 19.9. The molecule has 3 rings (SSSR count). The van der Waals surface area contributed by atoms with E-state index in [9.17, 15) is 9.59 Å². The van der Waals surface area contributed by atoms with Crippen molar-refractivity contribution >= 4 is 17.6 Å². The lowest BCUT2D eigenvalue weighted by atomic mass is 10.1. The highest BCUT2D eigenvalue weighted by atomic mass is 16.6. The van der Waals surface area contributed by atoms with E-state index in [0.29, 0.717) is 22.7 Å². The van der Waals surface area contributed by atoms with Crippen molar-refractivity contribution in [3.63, 3.8) is 0 Å². The molecule has 0 saturated heterocycles. The fraction of sp³-hybridized carbons (Fsp3) is 0.130. The smallest absolute Gasteiger partial charge is 0.349 e. The van der Waals surface area contributed by atoms with E-state index in [-0.39, 0.29) is 12.5 Å². The summed E-state index contributed by atoms with van der Waals surface area (Å²) in [4.78, 5) is 24.3. The molecule has 0 aliphatic carbocycles. The Hall–Kier alpha value is -3.60. The minimum atomic E-state index is -0.523. The Balaban J connectivity index is 1.57. The first-order valence-corrected chi connectivity index (χ1v) is 8.88. The third-order valence-corrected chi connectivity index (χ3v) is 4.19. The zero-order valence-electron chi connectivity index (χ0n) is 15.8. The van der Waals surface area contributed by atoms with Crippen LogP contribution >= 0.6 is 0 Å². The van der Waals surface area contributed by atoms with E-state index >= 15 is 0 Å². The summed E-state index contributed by atoms with van der Waals surface area (Å²) in [5.41, 5.74) is 3.33. The second-order valence-corrected chi connectivity index (χ2v) is 6.36. The molecule has 0 aromatic heterocycles. The van der Waals surface area contributed by atoms with Crippen LogP contribution in [0.25, 0.3) is 0 Å². The Kier molecular flexibility index (Phi) is 6.07. The lowest BCUT2D eigenvalue weighted by Gasteiger charge is -2.10. The van der Waals surface area contributed by atoms with Gasteiger partial charge in [-0.2, -0.15) is 0 Å². The number of hydrogen-bond acceptors (Lipinski definition) is 4. The molecule has 3 aromatic carbocycles. The number of benzene rings is 3. The maximum atomic E-state index is 12.2. The van der Waals surface area contributed by atoms with Crippen molar-refractivity contribution < 1.29 is 19.1 Å². The third kappa shape index (κ3) is 5.20. The van der Waals surface area contributed by atoms with Gasteiger partial charge < -0.3 is 14.8 Å². The second-order valence-electron chi connectivity index (χ2n) is 6.36. The number of ether oxygens (including phenoxy) is 2. The average molecular weight is 375 g/mol. The van der Waals surface area contributed by atoms with Gasteiger partial charge in [0.05, 0.1) is 0 Å². The summed E-state index contributed by atoms with van der Waals surface area (Å²) in [7, 11) is 0. The van der Waals surface area contributed by atoms with E-state index in [1.54, 1.807) is 48.5 Å². The Morgan fingerprint density at radius 2 is 1.61 bits per heavy atom. The largest absolute Gasteiger partial charge is 0.482 e. The first-order valence-electron chi connectivity index (χ1n) is 8.88. The molecule has 0 saturated carbocycles. The Morgan fingerprint density at radius 3 is 2.36 bits per heavy atom. The number of rotatable bonds is 6. The van der Waals surface area contributed by atoms with Gasteiger partial charge in [-0.25, -0.2) is 4.79 Å². The third-order valence-electron chi connectivity index (χ3n) is 4.19. The quantitative estimate of drug-likeness (QED) is 0.507. The van der Waals surface area contributed by atoms with Crippen LogP contribution in [0.1, 0.15) is 21.5 Å². The molecule has 5 heteroatoms. The molecule has 0 aliphatic rings. The topological polar surface area (TPSA) is 64.6 Å². The van der Waals surface area contributed by atoms with Gasteiger partial charge in [-0.05, 0) is 61.4 Å². The standard InChI is InChI=1S/C23H21NO4/c1-16-11-12-20(13-17(16)2)27-15-22(25)28-21-10-6-9-19(14-21)24-23(26)18-7-4-3-5-8-18/h3-14H,15H2,1-2H3,(H,24,26). The average Bonchev–Trinajstić information content (AvgIpc) is 2.70. The van der Waals surface area contributed by atoms with Crippen LogP contribution in [0, 0.1) is 13.8 Å². The van der Waals surface area contributed by atoms with Crippen LogP contribution < -0.4 is 14.8 Å². The lowest BCUT2D eigenvalue weighted by Crippen LogP contribution is -2.18. The summed E-state index contributed by atoms with van der Waals surface area (Å²) in [6.45, 7) is 3.79. The summed E-state index contributed by atoms with van der Waals surface area (Å²) in [6.07, 6.45) is 0. The van der Waals surface area contributed by atoms with Crippen molar-refractivity contribution in [1.29, 1.82) is 0 Å². The van der Waals surface area contributed by atoms with E-state index in [4.69, 9.17) is 9.47 Å². The highest BCUT2D eigenvalue weighted by Gasteiger charge is 2.09. The zero-order valence-corrected chi connectivity index (χ0v) is 15.8. The summed E-state index contributed by atoms with van der Waals surface area (Å²) in [5.74, 6) is 0.190. The van der Waals surface area contributed by atoms with E-state index in [1.165, 1.54) is 0 Å². The molecule has 5 nitrogen and oxygen atoms in total. The second kappa shape index (κ2) is 8.86. The molecule has 0 aliphatic heterocycles. The van der Waals surface area contributed by atoms with Gasteiger partial charge in [0.1, 0.15) is 11.5 Å². The van der Waals surface area contributed by atoms with E-state index in [0.717, 1.165) is 11.1 Å². The van der Waals surface area contributed by atoms with E-state index in [2.05, 4.69) is 5.32 Å². The van der Waals surface area contributed by atoms with Crippen LogP contribution in [-0.2, 0) is 4.79 Å². The molecule has 28 heavy (non-hydrogen) atoms. The van der Waals surface area contributed by atoms with Gasteiger partial charge in [-0.1, -0.05) is 30.3 Å². The maximum absolute atomic E-state index is 12.2. The van der Waals surface area contributed by atoms with Gasteiger partial charge in [0, 0.05) is 17.3 Å². The number of amides is 1. The van der Waals surface area contributed by atoms with Crippen molar-refractivity contribution in [2.24, 2.45) is 0 Å². The highest BCUT2D eigenvalue weighted by Crippen LogP contribution is 2.19. The predicted molar refractivity (Wildman–Crippen MR) is 108 cm³/mol. The number of nitrogens with one attached hydrogen (secondary N) is 1. The number of hydrogen-bond donors (Lipinski definition) is 1. The molecule has 0 fully saturated rings. The monoisotopic (exact) mass is 375 g/mol. The number of carbonyl (C=O) groups excluding carboxylic acids is 2. The highest BCUT2D eigenvalue weighted by molar-refractivity contribution is 6.04. The Morgan fingerprint density at radius 1 is 0.821 bits per heavy atom. The first kappa shape index (κ1) is 19.2. The maximum Gasteiger partial charge on any atom is 0.349 e. The number of esters is 1. The molecule has 142 valence electrons. The van der Waals surface area contributed by atoms with Crippen LogP contribution in [0.4, 0.5) is 5.69 Å². The minimum absolute atomic E-state index is 0.205. The van der Waals surface area contributed by atoms with Crippen molar-refractivity contribution in [2.75, 3.05) is 11.9 Å². The molecule has 0 atom stereocenters.